The van der Waals surface area contributed by atoms with E-state index >= 15 is 0 Å². The van der Waals surface area contributed by atoms with Crippen molar-refractivity contribution in [3.05, 3.63) is 90.0 Å². The van der Waals surface area contributed by atoms with E-state index < -0.39 is 0 Å². The maximum Gasteiger partial charge on any atom is 0.257 e. The number of carbonyl (C=O) groups excluding carboxylic acids is 2. The Morgan fingerprint density at radius 1 is 0.886 bits per heavy atom. The third-order valence-corrected chi connectivity index (χ3v) is 6.01. The molecular weight excluding hydrogens is 460 g/mol. The lowest BCUT2D eigenvalue weighted by Gasteiger charge is -2.36. The van der Waals surface area contributed by atoms with Crippen molar-refractivity contribution in [3.8, 4) is 5.75 Å². The second kappa shape index (κ2) is 11.5. The predicted octanol–water partition coefficient (Wildman–Crippen LogP) is 4.06. The van der Waals surface area contributed by atoms with Crippen molar-refractivity contribution in [2.75, 3.05) is 36.4 Å². The van der Waals surface area contributed by atoms with Crippen molar-refractivity contribution in [3.63, 3.8) is 0 Å². The Balaban J connectivity index is 1.32. The molecule has 180 valence electrons. The fourth-order valence-electron chi connectivity index (χ4n) is 3.89. The van der Waals surface area contributed by atoms with Gasteiger partial charge in [0.2, 0.25) is 5.91 Å². The maximum absolute atomic E-state index is 12.7. The van der Waals surface area contributed by atoms with E-state index in [1.807, 2.05) is 59.5 Å². The highest BCUT2D eigenvalue weighted by atomic mass is 32.1. The molecule has 2 N–H and O–H groups in total. The minimum atomic E-state index is -0.301. The van der Waals surface area contributed by atoms with Crippen molar-refractivity contribution in [2.24, 2.45) is 0 Å². The van der Waals surface area contributed by atoms with E-state index in [-0.39, 0.29) is 16.9 Å². The summed E-state index contributed by atoms with van der Waals surface area (Å²) in [4.78, 5) is 28.4. The summed E-state index contributed by atoms with van der Waals surface area (Å²) in [6.07, 6.45) is 0. The second-order valence-corrected chi connectivity index (χ2v) is 8.63. The molecule has 0 saturated carbocycles. The number of hydrogen-bond acceptors (Lipinski definition) is 5. The smallest absolute Gasteiger partial charge is 0.257 e. The van der Waals surface area contributed by atoms with Crippen LogP contribution in [0.2, 0.25) is 0 Å². The van der Waals surface area contributed by atoms with Crippen molar-refractivity contribution in [1.29, 1.82) is 0 Å². The number of benzene rings is 3. The van der Waals surface area contributed by atoms with Gasteiger partial charge >= 0.3 is 0 Å². The van der Waals surface area contributed by atoms with E-state index in [9.17, 15) is 9.59 Å². The van der Waals surface area contributed by atoms with Crippen LogP contribution in [0.5, 0.6) is 5.75 Å². The van der Waals surface area contributed by atoms with E-state index in [1.54, 1.807) is 31.2 Å². The van der Waals surface area contributed by atoms with Crippen molar-refractivity contribution < 1.29 is 14.3 Å². The van der Waals surface area contributed by atoms with Crippen LogP contribution in [0.15, 0.2) is 78.9 Å². The minimum Gasteiger partial charge on any atom is -0.489 e. The van der Waals surface area contributed by atoms with Gasteiger partial charge in [-0.1, -0.05) is 42.5 Å². The normalized spacial score (nSPS) is 13.2. The van der Waals surface area contributed by atoms with Crippen LogP contribution < -0.4 is 20.3 Å². The number of amides is 2. The SMILES string of the molecule is CC(=O)N1CCN(c2ccccc2NC(=S)NC(=O)c2ccc(OCc3ccccc3)cc2)CC1. The summed E-state index contributed by atoms with van der Waals surface area (Å²) in [6, 6.07) is 24.7. The van der Waals surface area contributed by atoms with Crippen LogP contribution in [0.25, 0.3) is 0 Å². The number of carbonyl (C=O) groups is 2. The Kier molecular flexibility index (Phi) is 7.95. The molecule has 3 aromatic carbocycles. The average Bonchev–Trinajstić information content (AvgIpc) is 2.88. The van der Waals surface area contributed by atoms with Crippen LogP contribution >= 0.6 is 12.2 Å². The van der Waals surface area contributed by atoms with Gasteiger partial charge in [-0.3, -0.25) is 14.9 Å². The van der Waals surface area contributed by atoms with Gasteiger partial charge in [-0.25, -0.2) is 0 Å². The Morgan fingerprint density at radius 3 is 2.23 bits per heavy atom. The topological polar surface area (TPSA) is 73.9 Å². The molecule has 1 fully saturated rings. The third-order valence-electron chi connectivity index (χ3n) is 5.81. The van der Waals surface area contributed by atoms with E-state index in [0.29, 0.717) is 31.0 Å². The monoisotopic (exact) mass is 488 g/mol. The molecule has 1 heterocycles. The van der Waals surface area contributed by atoms with Crippen LogP contribution in [0.3, 0.4) is 0 Å². The number of piperazine rings is 1. The number of nitrogens with one attached hydrogen (secondary N) is 2. The van der Waals surface area contributed by atoms with Gasteiger partial charge in [0, 0.05) is 38.7 Å². The maximum atomic E-state index is 12.7. The van der Waals surface area contributed by atoms with Crippen molar-refractivity contribution >= 4 is 40.5 Å². The highest BCUT2D eigenvalue weighted by molar-refractivity contribution is 7.80. The fourth-order valence-corrected chi connectivity index (χ4v) is 4.09. The molecule has 2 amide bonds. The largest absolute Gasteiger partial charge is 0.489 e. The van der Waals surface area contributed by atoms with Crippen molar-refractivity contribution in [2.45, 2.75) is 13.5 Å². The van der Waals surface area contributed by atoms with Crippen LogP contribution in [0.1, 0.15) is 22.8 Å². The highest BCUT2D eigenvalue weighted by Crippen LogP contribution is 2.26. The first-order valence-electron chi connectivity index (χ1n) is 11.5. The summed E-state index contributed by atoms with van der Waals surface area (Å²) in [5, 5.41) is 6.11. The summed E-state index contributed by atoms with van der Waals surface area (Å²) in [7, 11) is 0. The van der Waals surface area contributed by atoms with E-state index in [0.717, 1.165) is 30.0 Å². The first-order valence-corrected chi connectivity index (χ1v) is 11.9. The molecule has 0 spiro atoms. The van der Waals surface area contributed by atoms with Gasteiger partial charge in [0.05, 0.1) is 11.4 Å². The summed E-state index contributed by atoms with van der Waals surface area (Å²) < 4.78 is 5.78. The summed E-state index contributed by atoms with van der Waals surface area (Å²) in [6.45, 7) is 4.87. The third kappa shape index (κ3) is 6.58. The van der Waals surface area contributed by atoms with Gasteiger partial charge in [0.15, 0.2) is 5.11 Å². The lowest BCUT2D eigenvalue weighted by Crippen LogP contribution is -2.48. The zero-order valence-electron chi connectivity index (χ0n) is 19.6. The van der Waals surface area contributed by atoms with Gasteiger partial charge in [-0.2, -0.15) is 0 Å². The molecule has 4 rings (SSSR count). The Hall–Kier alpha value is -3.91. The second-order valence-electron chi connectivity index (χ2n) is 8.22. The van der Waals surface area contributed by atoms with Crippen molar-refractivity contribution in [1.82, 2.24) is 10.2 Å². The highest BCUT2D eigenvalue weighted by Gasteiger charge is 2.21. The Labute approximate surface area is 210 Å². The molecule has 1 aliphatic rings. The molecule has 0 radical (unpaired) electrons. The number of ether oxygens (including phenoxy) is 1. The molecule has 0 unspecified atom stereocenters. The zero-order valence-corrected chi connectivity index (χ0v) is 20.4. The molecule has 0 atom stereocenters. The van der Waals surface area contributed by atoms with Crippen LogP contribution in [-0.2, 0) is 11.4 Å². The van der Waals surface area contributed by atoms with Gasteiger partial charge < -0.3 is 19.9 Å². The van der Waals surface area contributed by atoms with Crippen LogP contribution in [0.4, 0.5) is 11.4 Å². The van der Waals surface area contributed by atoms with Gasteiger partial charge in [-0.15, -0.1) is 0 Å². The first kappa shape index (κ1) is 24.2. The van der Waals surface area contributed by atoms with Gasteiger partial charge in [0.1, 0.15) is 12.4 Å². The molecule has 0 aliphatic carbocycles. The van der Waals surface area contributed by atoms with E-state index in [1.165, 1.54) is 0 Å². The fraction of sp³-hybridized carbons (Fsp3) is 0.222. The number of hydrogen-bond donors (Lipinski definition) is 2. The Bertz CT molecular complexity index is 1180. The lowest BCUT2D eigenvalue weighted by atomic mass is 10.2. The summed E-state index contributed by atoms with van der Waals surface area (Å²) in [5.41, 5.74) is 3.34. The molecule has 3 aromatic rings. The van der Waals surface area contributed by atoms with Gasteiger partial charge in [-0.05, 0) is 54.2 Å². The van der Waals surface area contributed by atoms with Crippen LogP contribution in [0, 0.1) is 0 Å². The predicted molar refractivity (Wildman–Crippen MR) is 142 cm³/mol. The first-order chi connectivity index (χ1) is 17.0. The van der Waals surface area contributed by atoms with E-state index in [4.69, 9.17) is 17.0 Å². The molecule has 0 bridgehead atoms. The lowest BCUT2D eigenvalue weighted by molar-refractivity contribution is -0.129. The van der Waals surface area contributed by atoms with E-state index in [2.05, 4.69) is 15.5 Å². The van der Waals surface area contributed by atoms with Crippen LogP contribution in [-0.4, -0.2) is 48.0 Å². The molecule has 7 nitrogen and oxygen atoms in total. The molecule has 35 heavy (non-hydrogen) atoms. The number of nitrogens with zero attached hydrogens (tertiary/aromatic N) is 2. The Morgan fingerprint density at radius 2 is 1.54 bits per heavy atom. The molecule has 1 saturated heterocycles. The number of thiocarbonyl (C=S) groups is 1. The minimum absolute atomic E-state index is 0.0933. The van der Waals surface area contributed by atoms with Gasteiger partial charge in [0.25, 0.3) is 5.91 Å². The average molecular weight is 489 g/mol. The summed E-state index contributed by atoms with van der Waals surface area (Å²) >= 11 is 5.41. The molecule has 0 aromatic heterocycles. The number of para-hydroxylation sites is 2. The molecule has 1 aliphatic heterocycles. The zero-order chi connectivity index (χ0) is 24.6. The molecule has 8 heteroatoms. The summed E-state index contributed by atoms with van der Waals surface area (Å²) in [5.74, 6) is 0.477. The number of rotatable bonds is 6. The molecular formula is C27H28N4O3S. The standard InChI is InChI=1S/C27H28N4O3S/c1-20(32)30-15-17-31(18-16-30)25-10-6-5-9-24(25)28-27(35)29-26(33)22-11-13-23(14-12-22)34-19-21-7-3-2-4-8-21/h2-14H,15-19H2,1H3,(H2,28,29,33,35). The quantitative estimate of drug-likeness (QED) is 0.510. The number of anilines is 2.